The van der Waals surface area contributed by atoms with E-state index in [1.807, 2.05) is 6.07 Å². The fourth-order valence-electron chi connectivity index (χ4n) is 1.14. The lowest BCUT2D eigenvalue weighted by Crippen LogP contribution is -2.25. The Bertz CT molecular complexity index is 395. The van der Waals surface area contributed by atoms with Crippen LogP contribution in [0.2, 0.25) is 0 Å². The van der Waals surface area contributed by atoms with Crippen LogP contribution < -0.4 is 0 Å². The van der Waals surface area contributed by atoms with E-state index in [1.54, 1.807) is 36.4 Å². The van der Waals surface area contributed by atoms with Crippen LogP contribution in [0.4, 0.5) is 0 Å². The highest BCUT2D eigenvalue weighted by atomic mass is 15.1. The van der Waals surface area contributed by atoms with Crippen molar-refractivity contribution in [2.75, 3.05) is 7.05 Å². The van der Waals surface area contributed by atoms with Crippen LogP contribution in [-0.4, -0.2) is 18.0 Å². The molecule has 1 atom stereocenters. The second-order valence-corrected chi connectivity index (χ2v) is 2.67. The van der Waals surface area contributed by atoms with E-state index in [-0.39, 0.29) is 11.1 Å². The van der Waals surface area contributed by atoms with E-state index in [1.165, 1.54) is 0 Å². The van der Waals surface area contributed by atoms with Crippen LogP contribution in [0.15, 0.2) is 23.4 Å². The molecule has 0 saturated carbocycles. The van der Waals surface area contributed by atoms with E-state index in [9.17, 15) is 0 Å². The van der Waals surface area contributed by atoms with Crippen LogP contribution in [-0.2, 0) is 0 Å². The SMILES string of the molecule is CN1C=C[C]C1C(C#N)=C(C#N)C#N. The second-order valence-electron chi connectivity index (χ2n) is 2.67. The van der Waals surface area contributed by atoms with Crippen molar-refractivity contribution in [3.05, 3.63) is 29.8 Å². The minimum absolute atomic E-state index is 0.141. The minimum Gasteiger partial charge on any atom is -0.372 e. The molecular weight excluding hydrogens is 176 g/mol. The molecule has 0 saturated heterocycles. The Morgan fingerprint density at radius 2 is 1.93 bits per heavy atom. The van der Waals surface area contributed by atoms with E-state index in [0.29, 0.717) is 0 Å². The predicted octanol–water partition coefficient (Wildman–Crippen LogP) is 0.763. The lowest BCUT2D eigenvalue weighted by molar-refractivity contribution is 0.437. The molecule has 1 rings (SSSR count). The van der Waals surface area contributed by atoms with Crippen molar-refractivity contribution in [1.82, 2.24) is 4.90 Å². The first-order valence-electron chi connectivity index (χ1n) is 3.83. The summed E-state index contributed by atoms with van der Waals surface area (Å²) in [5.74, 6) is 0. The molecule has 0 aromatic carbocycles. The van der Waals surface area contributed by atoms with Gasteiger partial charge in [0.1, 0.15) is 17.7 Å². The van der Waals surface area contributed by atoms with Crippen LogP contribution in [0.25, 0.3) is 0 Å². The summed E-state index contributed by atoms with van der Waals surface area (Å²) in [5, 5.41) is 26.1. The maximum Gasteiger partial charge on any atom is 0.145 e. The summed E-state index contributed by atoms with van der Waals surface area (Å²) in [6.07, 6.45) is 6.26. The first-order valence-corrected chi connectivity index (χ1v) is 3.83. The highest BCUT2D eigenvalue weighted by Crippen LogP contribution is 2.20. The van der Waals surface area contributed by atoms with E-state index in [2.05, 4.69) is 6.42 Å². The van der Waals surface area contributed by atoms with Crippen LogP contribution in [0.3, 0.4) is 0 Å². The third-order valence-electron chi connectivity index (χ3n) is 1.86. The molecule has 0 N–H and O–H groups in total. The van der Waals surface area contributed by atoms with E-state index < -0.39 is 6.04 Å². The first kappa shape index (κ1) is 9.84. The summed E-state index contributed by atoms with van der Waals surface area (Å²) < 4.78 is 0. The van der Waals surface area contributed by atoms with Crippen molar-refractivity contribution in [1.29, 1.82) is 15.8 Å². The monoisotopic (exact) mass is 182 g/mol. The van der Waals surface area contributed by atoms with E-state index >= 15 is 0 Å². The van der Waals surface area contributed by atoms with Gasteiger partial charge in [-0.1, -0.05) is 6.08 Å². The highest BCUT2D eigenvalue weighted by Gasteiger charge is 2.24. The smallest absolute Gasteiger partial charge is 0.145 e. The van der Waals surface area contributed by atoms with Gasteiger partial charge >= 0.3 is 0 Å². The molecule has 1 unspecified atom stereocenters. The summed E-state index contributed by atoms with van der Waals surface area (Å²) >= 11 is 0. The van der Waals surface area contributed by atoms with Crippen LogP contribution in [0.5, 0.6) is 0 Å². The van der Waals surface area contributed by atoms with Crippen LogP contribution >= 0.6 is 0 Å². The molecule has 0 spiro atoms. The summed E-state index contributed by atoms with van der Waals surface area (Å²) in [7, 11) is 1.75. The zero-order valence-corrected chi connectivity index (χ0v) is 7.52. The summed E-state index contributed by atoms with van der Waals surface area (Å²) in [6.45, 7) is 0. The Kier molecular flexibility index (Phi) is 2.89. The summed E-state index contributed by atoms with van der Waals surface area (Å²) in [5.41, 5.74) is -0.0111. The third kappa shape index (κ3) is 1.58. The van der Waals surface area contributed by atoms with Gasteiger partial charge in [-0.15, -0.1) is 0 Å². The Balaban J connectivity index is 3.08. The van der Waals surface area contributed by atoms with Crippen LogP contribution in [0.1, 0.15) is 0 Å². The van der Waals surface area contributed by atoms with E-state index in [0.717, 1.165) is 0 Å². The molecule has 66 valence electrons. The van der Waals surface area contributed by atoms with Crippen molar-refractivity contribution >= 4 is 0 Å². The average molecular weight is 182 g/mol. The van der Waals surface area contributed by atoms with Crippen LogP contribution in [0, 0.1) is 40.4 Å². The number of allylic oxidation sites excluding steroid dienone is 1. The zero-order chi connectivity index (χ0) is 10.6. The molecule has 0 aliphatic carbocycles. The number of rotatable bonds is 1. The van der Waals surface area contributed by atoms with Gasteiger partial charge in [0.2, 0.25) is 0 Å². The molecule has 1 heterocycles. The van der Waals surface area contributed by atoms with Crippen molar-refractivity contribution in [3.8, 4) is 18.2 Å². The molecule has 0 aromatic heterocycles. The predicted molar refractivity (Wildman–Crippen MR) is 47.8 cm³/mol. The largest absolute Gasteiger partial charge is 0.372 e. The van der Waals surface area contributed by atoms with Crippen molar-refractivity contribution in [3.63, 3.8) is 0 Å². The Morgan fingerprint density at radius 3 is 2.29 bits per heavy atom. The molecular formula is C10H6N4. The van der Waals surface area contributed by atoms with Gasteiger partial charge < -0.3 is 4.90 Å². The Morgan fingerprint density at radius 1 is 1.29 bits per heavy atom. The molecule has 1 aliphatic rings. The van der Waals surface area contributed by atoms with Gasteiger partial charge in [0.25, 0.3) is 0 Å². The lowest BCUT2D eigenvalue weighted by atomic mass is 10.0. The molecule has 1 aliphatic heterocycles. The highest BCUT2D eigenvalue weighted by molar-refractivity contribution is 5.51. The maximum absolute atomic E-state index is 8.83. The fraction of sp³-hybridized carbons (Fsp3) is 0.200. The van der Waals surface area contributed by atoms with Gasteiger partial charge in [-0.3, -0.25) is 0 Å². The van der Waals surface area contributed by atoms with Gasteiger partial charge in [-0.2, -0.15) is 15.8 Å². The average Bonchev–Trinajstić information content (AvgIpc) is 2.61. The zero-order valence-electron chi connectivity index (χ0n) is 7.52. The third-order valence-corrected chi connectivity index (χ3v) is 1.86. The topological polar surface area (TPSA) is 74.6 Å². The minimum atomic E-state index is -0.408. The Labute approximate surface area is 82.6 Å². The normalized spacial score (nSPS) is 18.1. The molecule has 0 fully saturated rings. The molecule has 14 heavy (non-hydrogen) atoms. The van der Waals surface area contributed by atoms with Gasteiger partial charge in [0.15, 0.2) is 0 Å². The molecule has 0 amide bonds. The number of nitriles is 3. The number of hydrogen-bond acceptors (Lipinski definition) is 4. The van der Waals surface area contributed by atoms with Gasteiger partial charge in [0, 0.05) is 13.5 Å². The van der Waals surface area contributed by atoms with Crippen molar-refractivity contribution in [2.24, 2.45) is 0 Å². The lowest BCUT2D eigenvalue weighted by Gasteiger charge is -2.19. The molecule has 0 bridgehead atoms. The maximum atomic E-state index is 8.83. The number of nitrogens with zero attached hydrogens (tertiary/aromatic N) is 4. The van der Waals surface area contributed by atoms with Gasteiger partial charge in [-0.25, -0.2) is 0 Å². The first-order chi connectivity index (χ1) is 6.74. The van der Waals surface area contributed by atoms with E-state index in [4.69, 9.17) is 15.8 Å². The number of hydrogen-bond donors (Lipinski definition) is 0. The number of likely N-dealkylation sites (N-methyl/N-ethyl adjacent to an activating group) is 1. The molecule has 4 nitrogen and oxygen atoms in total. The second kappa shape index (κ2) is 4.12. The quantitative estimate of drug-likeness (QED) is 0.561. The summed E-state index contributed by atoms with van der Waals surface area (Å²) in [6, 6.07) is 4.86. The summed E-state index contributed by atoms with van der Waals surface area (Å²) in [4.78, 5) is 1.72. The van der Waals surface area contributed by atoms with Crippen molar-refractivity contribution in [2.45, 2.75) is 6.04 Å². The van der Waals surface area contributed by atoms with Gasteiger partial charge in [-0.05, 0) is 6.20 Å². The van der Waals surface area contributed by atoms with Crippen molar-refractivity contribution < 1.29 is 0 Å². The van der Waals surface area contributed by atoms with Gasteiger partial charge in [0.05, 0.1) is 17.7 Å². The standard InChI is InChI=1S/C10H6N4/c1-14-4-2-3-10(14)9(7-13)8(5-11)6-12/h2,4,10H,1H3. The Hall–Kier alpha value is -2.25. The molecule has 4 heteroatoms. The fourth-order valence-corrected chi connectivity index (χ4v) is 1.14. The molecule has 2 radical (unpaired) electrons. The molecule has 0 aromatic rings.